The number of para-hydroxylation sites is 1. The third kappa shape index (κ3) is 4.65. The molecule has 4 nitrogen and oxygen atoms in total. The highest BCUT2D eigenvalue weighted by Gasteiger charge is 2.20. The van der Waals surface area contributed by atoms with Gasteiger partial charge in [-0.25, -0.2) is 4.79 Å². The van der Waals surface area contributed by atoms with Gasteiger partial charge in [-0.1, -0.05) is 30.3 Å². The Balaban J connectivity index is 1.63. The Morgan fingerprint density at radius 1 is 0.750 bits per heavy atom. The van der Waals surface area contributed by atoms with Crippen LogP contribution in [0.3, 0.4) is 0 Å². The third-order valence-electron chi connectivity index (χ3n) is 4.51. The summed E-state index contributed by atoms with van der Waals surface area (Å²) in [4.78, 5) is 24.9. The van der Waals surface area contributed by atoms with Gasteiger partial charge in [-0.15, -0.1) is 0 Å². The van der Waals surface area contributed by atoms with Gasteiger partial charge in [-0.3, -0.25) is 4.79 Å². The Kier molecular flexibility index (Phi) is 5.90. The Labute approximate surface area is 164 Å². The molecule has 0 fully saturated rings. The minimum Gasteiger partial charge on any atom is -0.457 e. The molecule has 0 spiro atoms. The summed E-state index contributed by atoms with van der Waals surface area (Å²) >= 11 is 0. The average molecular weight is 374 g/mol. The predicted molar refractivity (Wildman–Crippen MR) is 108 cm³/mol. The van der Waals surface area contributed by atoms with Crippen molar-refractivity contribution in [2.45, 2.75) is 26.9 Å². The molecule has 0 amide bonds. The van der Waals surface area contributed by atoms with Crippen LogP contribution in [-0.2, 0) is 4.74 Å². The second-order valence-corrected chi connectivity index (χ2v) is 6.65. The molecule has 28 heavy (non-hydrogen) atoms. The van der Waals surface area contributed by atoms with Crippen molar-refractivity contribution in [1.82, 2.24) is 0 Å². The van der Waals surface area contributed by atoms with E-state index < -0.39 is 12.1 Å². The normalized spacial score (nSPS) is 11.5. The third-order valence-corrected chi connectivity index (χ3v) is 4.51. The number of hydrogen-bond donors (Lipinski definition) is 0. The standard InChI is InChI=1S/C24H22O4/c1-16-9-10-20(15-17(16)2)23(25)18(3)27-24(26)19-11-13-22(14-12-19)28-21-7-5-4-6-8-21/h4-15,18H,1-3H3/t18-/m1/s1. The number of benzene rings is 3. The Morgan fingerprint density at radius 3 is 2.00 bits per heavy atom. The van der Waals surface area contributed by atoms with Crippen molar-refractivity contribution >= 4 is 11.8 Å². The van der Waals surface area contributed by atoms with Crippen LogP contribution < -0.4 is 4.74 Å². The van der Waals surface area contributed by atoms with Crippen LogP contribution in [0.5, 0.6) is 11.5 Å². The van der Waals surface area contributed by atoms with Crippen molar-refractivity contribution in [3.05, 3.63) is 95.1 Å². The summed E-state index contributed by atoms with van der Waals surface area (Å²) in [7, 11) is 0. The number of carbonyl (C=O) groups is 2. The highest BCUT2D eigenvalue weighted by atomic mass is 16.5. The molecule has 142 valence electrons. The molecule has 0 saturated carbocycles. The zero-order valence-corrected chi connectivity index (χ0v) is 16.1. The molecule has 0 bridgehead atoms. The van der Waals surface area contributed by atoms with Crippen LogP contribution in [0.2, 0.25) is 0 Å². The number of esters is 1. The monoisotopic (exact) mass is 374 g/mol. The van der Waals surface area contributed by atoms with Gasteiger partial charge in [0.15, 0.2) is 6.10 Å². The molecule has 3 aromatic carbocycles. The maximum Gasteiger partial charge on any atom is 0.338 e. The Hall–Kier alpha value is -3.40. The van der Waals surface area contributed by atoms with Crippen LogP contribution in [-0.4, -0.2) is 17.9 Å². The van der Waals surface area contributed by atoms with Crippen LogP contribution in [0.15, 0.2) is 72.8 Å². The van der Waals surface area contributed by atoms with E-state index in [9.17, 15) is 9.59 Å². The first-order chi connectivity index (χ1) is 13.4. The lowest BCUT2D eigenvalue weighted by Gasteiger charge is -2.13. The van der Waals surface area contributed by atoms with Crippen LogP contribution >= 0.6 is 0 Å². The molecule has 0 N–H and O–H groups in total. The largest absolute Gasteiger partial charge is 0.457 e. The van der Waals surface area contributed by atoms with Gasteiger partial charge in [-0.2, -0.15) is 0 Å². The molecule has 0 unspecified atom stereocenters. The van der Waals surface area contributed by atoms with Gasteiger partial charge in [-0.05, 0) is 74.4 Å². The predicted octanol–water partition coefficient (Wildman–Crippen LogP) is 5.52. The topological polar surface area (TPSA) is 52.6 Å². The molecule has 3 rings (SSSR count). The Bertz CT molecular complexity index is 975. The Morgan fingerprint density at radius 2 is 1.36 bits per heavy atom. The van der Waals surface area contributed by atoms with Gasteiger partial charge in [0.25, 0.3) is 0 Å². The zero-order valence-electron chi connectivity index (χ0n) is 16.1. The zero-order chi connectivity index (χ0) is 20.1. The molecule has 3 aromatic rings. The summed E-state index contributed by atoms with van der Waals surface area (Å²) in [6.45, 7) is 5.52. The number of ketones is 1. The number of Topliss-reactive ketones (excluding diaryl/α,β-unsaturated/α-hetero) is 1. The maximum absolute atomic E-state index is 12.5. The lowest BCUT2D eigenvalue weighted by Crippen LogP contribution is -2.24. The van der Waals surface area contributed by atoms with Gasteiger partial charge < -0.3 is 9.47 Å². The minimum absolute atomic E-state index is 0.222. The summed E-state index contributed by atoms with van der Waals surface area (Å²) in [5, 5.41) is 0. The molecule has 0 aliphatic heterocycles. The summed E-state index contributed by atoms with van der Waals surface area (Å²) in [5.41, 5.74) is 3.03. The number of ether oxygens (including phenoxy) is 2. The highest BCUT2D eigenvalue weighted by molar-refractivity contribution is 6.01. The molecule has 4 heteroatoms. The van der Waals surface area contributed by atoms with E-state index in [1.165, 1.54) is 0 Å². The smallest absolute Gasteiger partial charge is 0.338 e. The van der Waals surface area contributed by atoms with Crippen molar-refractivity contribution in [1.29, 1.82) is 0 Å². The van der Waals surface area contributed by atoms with E-state index in [-0.39, 0.29) is 5.78 Å². The van der Waals surface area contributed by atoms with Crippen LogP contribution in [0.4, 0.5) is 0 Å². The van der Waals surface area contributed by atoms with E-state index >= 15 is 0 Å². The van der Waals surface area contributed by atoms with Crippen molar-refractivity contribution in [3.8, 4) is 11.5 Å². The van der Waals surface area contributed by atoms with Crippen molar-refractivity contribution < 1.29 is 19.1 Å². The van der Waals surface area contributed by atoms with Crippen molar-refractivity contribution in [3.63, 3.8) is 0 Å². The van der Waals surface area contributed by atoms with E-state index in [0.29, 0.717) is 22.6 Å². The lowest BCUT2D eigenvalue weighted by molar-refractivity contribution is 0.0319. The molecule has 0 heterocycles. The average Bonchev–Trinajstić information content (AvgIpc) is 2.70. The van der Waals surface area contributed by atoms with Crippen molar-refractivity contribution in [2.75, 3.05) is 0 Å². The molecule has 1 atom stereocenters. The molecule has 0 aliphatic rings. The minimum atomic E-state index is -0.866. The van der Waals surface area contributed by atoms with Crippen LogP contribution in [0, 0.1) is 13.8 Å². The number of hydrogen-bond acceptors (Lipinski definition) is 4. The summed E-state index contributed by atoms with van der Waals surface area (Å²) < 4.78 is 11.1. The fourth-order valence-electron chi connectivity index (χ4n) is 2.70. The van der Waals surface area contributed by atoms with E-state index in [1.54, 1.807) is 37.3 Å². The second-order valence-electron chi connectivity index (χ2n) is 6.65. The van der Waals surface area contributed by atoms with Gasteiger partial charge in [0, 0.05) is 5.56 Å². The molecule has 0 saturated heterocycles. The van der Waals surface area contributed by atoms with E-state index in [1.807, 2.05) is 56.3 Å². The summed E-state index contributed by atoms with van der Waals surface area (Å²) in [6, 6.07) is 21.5. The quantitative estimate of drug-likeness (QED) is 0.421. The summed E-state index contributed by atoms with van der Waals surface area (Å²) in [5.74, 6) is 0.559. The second kappa shape index (κ2) is 8.53. The molecule has 0 aliphatic carbocycles. The number of carbonyl (C=O) groups excluding carboxylic acids is 2. The fraction of sp³-hybridized carbons (Fsp3) is 0.167. The maximum atomic E-state index is 12.5. The van der Waals surface area contributed by atoms with Gasteiger partial charge in [0.05, 0.1) is 5.56 Å². The van der Waals surface area contributed by atoms with Gasteiger partial charge in [0.1, 0.15) is 11.5 Å². The van der Waals surface area contributed by atoms with Crippen molar-refractivity contribution in [2.24, 2.45) is 0 Å². The molecule has 0 aromatic heterocycles. The summed E-state index contributed by atoms with van der Waals surface area (Å²) in [6.07, 6.45) is -0.866. The molecule has 0 radical (unpaired) electrons. The van der Waals surface area contributed by atoms with E-state index in [4.69, 9.17) is 9.47 Å². The first-order valence-electron chi connectivity index (χ1n) is 9.09. The highest BCUT2D eigenvalue weighted by Crippen LogP contribution is 2.22. The first-order valence-corrected chi connectivity index (χ1v) is 9.09. The van der Waals surface area contributed by atoms with Gasteiger partial charge in [0.2, 0.25) is 5.78 Å². The van der Waals surface area contributed by atoms with Gasteiger partial charge >= 0.3 is 5.97 Å². The SMILES string of the molecule is Cc1ccc(C(=O)[C@@H](C)OC(=O)c2ccc(Oc3ccccc3)cc2)cc1C. The molecular formula is C24H22O4. The van der Waals surface area contributed by atoms with Crippen LogP contribution in [0.25, 0.3) is 0 Å². The number of aryl methyl sites for hydroxylation is 2. The fourth-order valence-corrected chi connectivity index (χ4v) is 2.70. The lowest BCUT2D eigenvalue weighted by atomic mass is 10.0. The van der Waals surface area contributed by atoms with E-state index in [0.717, 1.165) is 11.1 Å². The molecular weight excluding hydrogens is 352 g/mol. The van der Waals surface area contributed by atoms with E-state index in [2.05, 4.69) is 0 Å². The number of rotatable bonds is 6. The van der Waals surface area contributed by atoms with Crippen LogP contribution in [0.1, 0.15) is 38.8 Å². The first kappa shape index (κ1) is 19.4.